The third kappa shape index (κ3) is 5.27. The van der Waals surface area contributed by atoms with E-state index < -0.39 is 18.3 Å². The summed E-state index contributed by atoms with van der Waals surface area (Å²) in [5.41, 5.74) is 3.05. The van der Waals surface area contributed by atoms with E-state index in [1.807, 2.05) is 42.5 Å². The molecule has 3 unspecified atom stereocenters. The fourth-order valence-electron chi connectivity index (χ4n) is 4.17. The molecule has 1 N–H and O–H groups in total. The molecule has 2 aromatic carbocycles. The van der Waals surface area contributed by atoms with Gasteiger partial charge in [-0.2, -0.15) is 5.10 Å². The summed E-state index contributed by atoms with van der Waals surface area (Å²) in [6.07, 6.45) is 1.47. The Labute approximate surface area is 192 Å². The number of hydrogen-bond acceptors (Lipinski definition) is 4. The minimum Gasteiger partial charge on any atom is -0.343 e. The normalized spacial score (nSPS) is 19.0. The summed E-state index contributed by atoms with van der Waals surface area (Å²) >= 11 is 0. The molecule has 1 fully saturated rings. The summed E-state index contributed by atoms with van der Waals surface area (Å²) in [7, 11) is 0. The van der Waals surface area contributed by atoms with Crippen LogP contribution < -0.4 is 5.32 Å². The molecule has 1 aliphatic rings. The molecule has 2 heterocycles. The van der Waals surface area contributed by atoms with E-state index in [4.69, 9.17) is 0 Å². The van der Waals surface area contributed by atoms with E-state index in [0.717, 1.165) is 11.1 Å². The quantitative estimate of drug-likeness (QED) is 0.601. The molecule has 0 spiro atoms. The van der Waals surface area contributed by atoms with E-state index in [9.17, 15) is 14.0 Å². The van der Waals surface area contributed by atoms with E-state index in [1.54, 1.807) is 0 Å². The van der Waals surface area contributed by atoms with Gasteiger partial charge < -0.3 is 10.2 Å². The van der Waals surface area contributed by atoms with Crippen LogP contribution in [0.5, 0.6) is 0 Å². The maximum absolute atomic E-state index is 14.3. The lowest BCUT2D eigenvalue weighted by Gasteiger charge is -2.27. The Bertz CT molecular complexity index is 1070. The van der Waals surface area contributed by atoms with Crippen LogP contribution in [0.3, 0.4) is 0 Å². The highest BCUT2D eigenvalue weighted by atomic mass is 19.1. The average Bonchev–Trinajstić information content (AvgIpc) is 3.47. The summed E-state index contributed by atoms with van der Waals surface area (Å²) < 4.78 is 15.7. The zero-order chi connectivity index (χ0) is 23.4. The predicted octanol–water partition coefficient (Wildman–Crippen LogP) is 3.25. The molecule has 4 rings (SSSR count). The number of carbonyl (C=O) groups is 2. The van der Waals surface area contributed by atoms with Gasteiger partial charge in [0, 0.05) is 6.42 Å². The summed E-state index contributed by atoms with van der Waals surface area (Å²) in [6.45, 7) is 4.06. The van der Waals surface area contributed by atoms with Crippen LogP contribution in [0.1, 0.15) is 48.9 Å². The third-order valence-electron chi connectivity index (χ3n) is 5.99. The first kappa shape index (κ1) is 22.6. The topological polar surface area (TPSA) is 80.1 Å². The zero-order valence-corrected chi connectivity index (χ0v) is 18.8. The second-order valence-corrected chi connectivity index (χ2v) is 8.66. The largest absolute Gasteiger partial charge is 0.343 e. The second kappa shape index (κ2) is 9.94. The van der Waals surface area contributed by atoms with Crippen molar-refractivity contribution in [3.63, 3.8) is 0 Å². The highest BCUT2D eigenvalue weighted by Gasteiger charge is 2.40. The molecule has 0 radical (unpaired) electrons. The lowest BCUT2D eigenvalue weighted by molar-refractivity contribution is -0.139. The van der Waals surface area contributed by atoms with Crippen molar-refractivity contribution in [1.29, 1.82) is 0 Å². The molecule has 1 saturated heterocycles. The first-order valence-corrected chi connectivity index (χ1v) is 11.1. The Balaban J connectivity index is 1.56. The van der Waals surface area contributed by atoms with Gasteiger partial charge in [-0.05, 0) is 22.6 Å². The van der Waals surface area contributed by atoms with Crippen molar-refractivity contribution in [1.82, 2.24) is 25.0 Å². The van der Waals surface area contributed by atoms with Crippen LogP contribution in [0.15, 0.2) is 67.3 Å². The van der Waals surface area contributed by atoms with Crippen LogP contribution in [0.2, 0.25) is 0 Å². The van der Waals surface area contributed by atoms with Gasteiger partial charge in [0.25, 0.3) is 0 Å². The standard InChI is InChI=1S/C25H28FN5O2/c1-17(2)18-8-10-20(11-9-18)24(19-6-4-3-5-7-19)29-25(33)22-12-21(26)13-31(22)23(32)14-30-16-27-15-28-30/h3-11,15-17,21-22,24H,12-14H2,1-2H3,(H,29,33). The number of halogens is 1. The van der Waals surface area contributed by atoms with Crippen molar-refractivity contribution >= 4 is 11.8 Å². The summed E-state index contributed by atoms with van der Waals surface area (Å²) in [5, 5.41) is 7.00. The summed E-state index contributed by atoms with van der Waals surface area (Å²) in [4.78, 5) is 31.3. The van der Waals surface area contributed by atoms with Crippen molar-refractivity contribution in [2.24, 2.45) is 0 Å². The molecular formula is C25H28FN5O2. The van der Waals surface area contributed by atoms with Gasteiger partial charge in [0.15, 0.2) is 0 Å². The molecule has 3 aromatic rings. The van der Waals surface area contributed by atoms with Crippen LogP contribution >= 0.6 is 0 Å². The highest BCUT2D eigenvalue weighted by Crippen LogP contribution is 2.27. The second-order valence-electron chi connectivity index (χ2n) is 8.66. The van der Waals surface area contributed by atoms with Crippen molar-refractivity contribution < 1.29 is 14.0 Å². The molecule has 7 nitrogen and oxygen atoms in total. The maximum atomic E-state index is 14.3. The number of hydrogen-bond donors (Lipinski definition) is 1. The predicted molar refractivity (Wildman–Crippen MR) is 122 cm³/mol. The molecule has 172 valence electrons. The number of aromatic nitrogens is 3. The van der Waals surface area contributed by atoms with Crippen LogP contribution in [0, 0.1) is 0 Å². The first-order valence-electron chi connectivity index (χ1n) is 11.1. The van der Waals surface area contributed by atoms with Gasteiger partial charge in [-0.1, -0.05) is 68.4 Å². The highest BCUT2D eigenvalue weighted by molar-refractivity contribution is 5.88. The molecule has 1 aromatic heterocycles. The number of rotatable bonds is 7. The lowest BCUT2D eigenvalue weighted by atomic mass is 9.95. The van der Waals surface area contributed by atoms with Gasteiger partial charge in [0.1, 0.15) is 31.4 Å². The third-order valence-corrected chi connectivity index (χ3v) is 5.99. The molecule has 8 heteroatoms. The number of amides is 2. The van der Waals surface area contributed by atoms with E-state index in [1.165, 1.54) is 27.8 Å². The molecule has 0 bridgehead atoms. The Hall–Kier alpha value is -3.55. The van der Waals surface area contributed by atoms with Crippen molar-refractivity contribution in [3.8, 4) is 0 Å². The fourth-order valence-corrected chi connectivity index (χ4v) is 4.17. The van der Waals surface area contributed by atoms with Gasteiger partial charge in [0.2, 0.25) is 11.8 Å². The summed E-state index contributed by atoms with van der Waals surface area (Å²) in [6, 6.07) is 16.5. The fraction of sp³-hybridized carbons (Fsp3) is 0.360. The lowest BCUT2D eigenvalue weighted by Crippen LogP contribution is -2.48. The molecule has 0 aliphatic carbocycles. The van der Waals surface area contributed by atoms with E-state index >= 15 is 0 Å². The zero-order valence-electron chi connectivity index (χ0n) is 18.8. The molecular weight excluding hydrogens is 421 g/mol. The first-order chi connectivity index (χ1) is 15.9. The van der Waals surface area contributed by atoms with Gasteiger partial charge in [-0.15, -0.1) is 0 Å². The van der Waals surface area contributed by atoms with Gasteiger partial charge in [-0.3, -0.25) is 9.59 Å². The van der Waals surface area contributed by atoms with Crippen LogP contribution in [-0.2, 0) is 16.1 Å². The minimum atomic E-state index is -1.25. The molecule has 1 aliphatic heterocycles. The Kier molecular flexibility index (Phi) is 6.82. The van der Waals surface area contributed by atoms with Gasteiger partial charge >= 0.3 is 0 Å². The van der Waals surface area contributed by atoms with Gasteiger partial charge in [-0.25, -0.2) is 14.1 Å². The maximum Gasteiger partial charge on any atom is 0.245 e. The number of benzene rings is 2. The molecule has 2 amide bonds. The molecule has 3 atom stereocenters. The molecule has 0 saturated carbocycles. The smallest absolute Gasteiger partial charge is 0.245 e. The average molecular weight is 450 g/mol. The Morgan fingerprint density at radius 2 is 1.73 bits per heavy atom. The number of likely N-dealkylation sites (tertiary alicyclic amines) is 1. The van der Waals surface area contributed by atoms with E-state index in [0.29, 0.717) is 5.92 Å². The Morgan fingerprint density at radius 3 is 2.36 bits per heavy atom. The minimum absolute atomic E-state index is 0.0251. The monoisotopic (exact) mass is 449 g/mol. The van der Waals surface area contributed by atoms with Crippen LogP contribution in [0.4, 0.5) is 4.39 Å². The van der Waals surface area contributed by atoms with E-state index in [2.05, 4.69) is 41.4 Å². The number of nitrogens with zero attached hydrogens (tertiary/aromatic N) is 4. The van der Waals surface area contributed by atoms with Crippen molar-refractivity contribution in [2.75, 3.05) is 6.54 Å². The number of nitrogens with one attached hydrogen (secondary N) is 1. The number of carbonyl (C=O) groups excluding carboxylic acids is 2. The van der Waals surface area contributed by atoms with Crippen molar-refractivity contribution in [2.45, 2.75) is 51.0 Å². The van der Waals surface area contributed by atoms with Crippen molar-refractivity contribution in [3.05, 3.63) is 83.9 Å². The van der Waals surface area contributed by atoms with Gasteiger partial charge in [0.05, 0.1) is 12.6 Å². The molecule has 33 heavy (non-hydrogen) atoms. The SMILES string of the molecule is CC(C)c1ccc(C(NC(=O)C2CC(F)CN2C(=O)Cn2cncn2)c2ccccc2)cc1. The number of alkyl halides is 1. The summed E-state index contributed by atoms with van der Waals surface area (Å²) in [5.74, 6) is -0.337. The van der Waals surface area contributed by atoms with Crippen LogP contribution in [0.25, 0.3) is 0 Å². The van der Waals surface area contributed by atoms with Crippen LogP contribution in [-0.4, -0.2) is 50.2 Å². The Morgan fingerprint density at radius 1 is 1.06 bits per heavy atom. The van der Waals surface area contributed by atoms with E-state index in [-0.39, 0.29) is 31.3 Å².